The molecular formula is C22H24N4O3. The molecule has 0 unspecified atom stereocenters. The van der Waals surface area contributed by atoms with Crippen LogP contribution in [0.25, 0.3) is 11.0 Å². The Morgan fingerprint density at radius 3 is 2.59 bits per heavy atom. The Morgan fingerprint density at radius 2 is 1.90 bits per heavy atom. The summed E-state index contributed by atoms with van der Waals surface area (Å²) in [4.78, 5) is 37.9. The van der Waals surface area contributed by atoms with Gasteiger partial charge in [-0.2, -0.15) is 0 Å². The number of fused-ring (bicyclic) bond motifs is 1. The SMILES string of the molecule is COc1nc2ccccc2nc1CCC(=O)N1CCC(c2cc[nH]c(=O)c2)CC1. The number of nitrogens with zero attached hydrogens (tertiary/aromatic N) is 3. The number of aryl methyl sites for hydroxylation is 1. The smallest absolute Gasteiger partial charge is 0.248 e. The molecule has 0 atom stereocenters. The van der Waals surface area contributed by atoms with Crippen molar-refractivity contribution >= 4 is 16.9 Å². The number of aromatic nitrogens is 3. The third-order valence-electron chi connectivity index (χ3n) is 5.49. The van der Waals surface area contributed by atoms with Gasteiger partial charge in [0.2, 0.25) is 17.3 Å². The van der Waals surface area contributed by atoms with Crippen molar-refractivity contribution in [3.05, 3.63) is 64.2 Å². The van der Waals surface area contributed by atoms with Crippen molar-refractivity contribution in [1.29, 1.82) is 0 Å². The summed E-state index contributed by atoms with van der Waals surface area (Å²) < 4.78 is 5.38. The fraction of sp³-hybridized carbons (Fsp3) is 0.364. The molecule has 0 aliphatic carbocycles. The van der Waals surface area contributed by atoms with Crippen molar-refractivity contribution in [2.45, 2.75) is 31.6 Å². The number of rotatable bonds is 5. The summed E-state index contributed by atoms with van der Waals surface area (Å²) in [5.41, 5.74) is 3.26. The molecule has 150 valence electrons. The first-order valence-corrected chi connectivity index (χ1v) is 9.90. The number of hydrogen-bond acceptors (Lipinski definition) is 5. The highest BCUT2D eigenvalue weighted by Gasteiger charge is 2.24. The van der Waals surface area contributed by atoms with Crippen LogP contribution in [0.1, 0.15) is 36.4 Å². The average Bonchev–Trinajstić information content (AvgIpc) is 2.77. The first kappa shape index (κ1) is 19.1. The minimum atomic E-state index is -0.0774. The molecule has 1 aromatic carbocycles. The van der Waals surface area contributed by atoms with Gasteiger partial charge in [-0.05, 0) is 42.5 Å². The Balaban J connectivity index is 1.37. The van der Waals surface area contributed by atoms with Crippen LogP contribution in [0.3, 0.4) is 0 Å². The Hall–Kier alpha value is -3.22. The topological polar surface area (TPSA) is 88.2 Å². The van der Waals surface area contributed by atoms with E-state index in [0.717, 1.165) is 29.4 Å². The third-order valence-corrected chi connectivity index (χ3v) is 5.49. The normalized spacial score (nSPS) is 14.9. The van der Waals surface area contributed by atoms with Crippen LogP contribution in [-0.2, 0) is 11.2 Å². The summed E-state index contributed by atoms with van der Waals surface area (Å²) in [6, 6.07) is 11.2. The summed E-state index contributed by atoms with van der Waals surface area (Å²) in [5, 5.41) is 0. The minimum absolute atomic E-state index is 0.0774. The van der Waals surface area contributed by atoms with Gasteiger partial charge < -0.3 is 14.6 Å². The number of pyridine rings is 1. The molecule has 0 saturated carbocycles. The van der Waals surface area contributed by atoms with Crippen LogP contribution in [0.5, 0.6) is 5.88 Å². The molecule has 3 aromatic rings. The lowest BCUT2D eigenvalue weighted by Gasteiger charge is -2.32. The fourth-order valence-corrected chi connectivity index (χ4v) is 3.91. The zero-order valence-corrected chi connectivity index (χ0v) is 16.4. The minimum Gasteiger partial charge on any atom is -0.480 e. The summed E-state index contributed by atoms with van der Waals surface area (Å²) in [7, 11) is 1.57. The van der Waals surface area contributed by atoms with Gasteiger partial charge in [-0.25, -0.2) is 9.97 Å². The van der Waals surface area contributed by atoms with Gasteiger partial charge in [0, 0.05) is 38.2 Å². The van der Waals surface area contributed by atoms with E-state index in [2.05, 4.69) is 15.0 Å². The molecule has 1 N–H and O–H groups in total. The van der Waals surface area contributed by atoms with Gasteiger partial charge >= 0.3 is 0 Å². The number of amides is 1. The molecule has 1 aliphatic rings. The molecule has 0 spiro atoms. The largest absolute Gasteiger partial charge is 0.480 e. The second kappa shape index (κ2) is 8.43. The molecule has 7 nitrogen and oxygen atoms in total. The molecule has 3 heterocycles. The average molecular weight is 392 g/mol. The number of benzene rings is 1. The maximum Gasteiger partial charge on any atom is 0.248 e. The van der Waals surface area contributed by atoms with E-state index in [-0.39, 0.29) is 11.5 Å². The number of aromatic amines is 1. The number of carbonyl (C=O) groups excluding carboxylic acids is 1. The van der Waals surface area contributed by atoms with Crippen molar-refractivity contribution in [3.63, 3.8) is 0 Å². The Bertz CT molecular complexity index is 1070. The lowest BCUT2D eigenvalue weighted by atomic mass is 9.90. The van der Waals surface area contributed by atoms with Crippen molar-refractivity contribution in [3.8, 4) is 5.88 Å². The number of likely N-dealkylation sites (tertiary alicyclic amines) is 1. The summed E-state index contributed by atoms with van der Waals surface area (Å²) >= 11 is 0. The van der Waals surface area contributed by atoms with Crippen LogP contribution < -0.4 is 10.3 Å². The van der Waals surface area contributed by atoms with Gasteiger partial charge in [-0.1, -0.05) is 12.1 Å². The molecule has 29 heavy (non-hydrogen) atoms. The number of carbonyl (C=O) groups is 1. The molecule has 1 saturated heterocycles. The number of nitrogens with one attached hydrogen (secondary N) is 1. The monoisotopic (exact) mass is 392 g/mol. The zero-order valence-electron chi connectivity index (χ0n) is 16.4. The van der Waals surface area contributed by atoms with Crippen LogP contribution >= 0.6 is 0 Å². The van der Waals surface area contributed by atoms with Gasteiger partial charge in [0.15, 0.2) is 0 Å². The van der Waals surface area contributed by atoms with Gasteiger partial charge in [-0.3, -0.25) is 9.59 Å². The van der Waals surface area contributed by atoms with E-state index in [9.17, 15) is 9.59 Å². The van der Waals surface area contributed by atoms with E-state index >= 15 is 0 Å². The zero-order chi connectivity index (χ0) is 20.2. The van der Waals surface area contributed by atoms with E-state index in [1.807, 2.05) is 35.2 Å². The Kier molecular flexibility index (Phi) is 5.55. The van der Waals surface area contributed by atoms with E-state index < -0.39 is 0 Å². The van der Waals surface area contributed by atoms with Crippen molar-refractivity contribution in [2.75, 3.05) is 20.2 Å². The predicted molar refractivity (Wildman–Crippen MR) is 110 cm³/mol. The van der Waals surface area contributed by atoms with Crippen molar-refractivity contribution in [2.24, 2.45) is 0 Å². The second-order valence-electron chi connectivity index (χ2n) is 7.31. The maximum absolute atomic E-state index is 12.7. The summed E-state index contributed by atoms with van der Waals surface area (Å²) in [6.07, 6.45) is 4.29. The van der Waals surface area contributed by atoms with Gasteiger partial charge in [-0.15, -0.1) is 0 Å². The van der Waals surface area contributed by atoms with Gasteiger partial charge in [0.05, 0.1) is 18.1 Å². The van der Waals surface area contributed by atoms with E-state index in [0.29, 0.717) is 43.4 Å². The number of ether oxygens (including phenoxy) is 1. The highest BCUT2D eigenvalue weighted by atomic mass is 16.5. The van der Waals surface area contributed by atoms with E-state index in [4.69, 9.17) is 4.74 Å². The van der Waals surface area contributed by atoms with Crippen molar-refractivity contribution in [1.82, 2.24) is 19.9 Å². The number of hydrogen-bond donors (Lipinski definition) is 1. The van der Waals surface area contributed by atoms with Crippen LogP contribution in [-0.4, -0.2) is 46.0 Å². The molecule has 4 rings (SSSR count). The molecule has 1 aliphatic heterocycles. The highest BCUT2D eigenvalue weighted by molar-refractivity contribution is 5.77. The lowest BCUT2D eigenvalue weighted by molar-refractivity contribution is -0.132. The second-order valence-corrected chi connectivity index (χ2v) is 7.31. The molecule has 1 fully saturated rings. The van der Waals surface area contributed by atoms with E-state index in [1.54, 1.807) is 19.4 Å². The standard InChI is InChI=1S/C22H24N4O3/c1-29-22-19(24-17-4-2-3-5-18(17)25-22)6-7-21(28)26-12-9-15(10-13-26)16-8-11-23-20(27)14-16/h2-5,8,11,14-15H,6-7,9-10,12-13H2,1H3,(H,23,27). The third kappa shape index (κ3) is 4.29. The van der Waals surface area contributed by atoms with Crippen LogP contribution in [0.2, 0.25) is 0 Å². The fourth-order valence-electron chi connectivity index (χ4n) is 3.91. The number of H-pyrrole nitrogens is 1. The number of para-hydroxylation sites is 2. The molecule has 7 heteroatoms. The first-order valence-electron chi connectivity index (χ1n) is 9.90. The predicted octanol–water partition coefficient (Wildman–Crippen LogP) is 2.67. The molecule has 2 aromatic heterocycles. The quantitative estimate of drug-likeness (QED) is 0.721. The van der Waals surface area contributed by atoms with Crippen LogP contribution in [0, 0.1) is 0 Å². The van der Waals surface area contributed by atoms with Gasteiger partial charge in [0.25, 0.3) is 0 Å². The lowest BCUT2D eigenvalue weighted by Crippen LogP contribution is -2.38. The molecule has 0 bridgehead atoms. The Labute approximate surface area is 168 Å². The van der Waals surface area contributed by atoms with Crippen molar-refractivity contribution < 1.29 is 9.53 Å². The maximum atomic E-state index is 12.7. The van der Waals surface area contributed by atoms with Crippen LogP contribution in [0.15, 0.2) is 47.4 Å². The van der Waals surface area contributed by atoms with E-state index in [1.165, 1.54) is 0 Å². The number of methoxy groups -OCH3 is 1. The summed E-state index contributed by atoms with van der Waals surface area (Å²) in [5.74, 6) is 0.920. The molecular weight excluding hydrogens is 368 g/mol. The van der Waals surface area contributed by atoms with Crippen LogP contribution in [0.4, 0.5) is 0 Å². The molecule has 1 amide bonds. The first-order chi connectivity index (χ1) is 14.1. The highest BCUT2D eigenvalue weighted by Crippen LogP contribution is 2.27. The number of piperidine rings is 1. The summed E-state index contributed by atoms with van der Waals surface area (Å²) in [6.45, 7) is 1.41. The van der Waals surface area contributed by atoms with Gasteiger partial charge in [0.1, 0.15) is 5.69 Å². The Morgan fingerprint density at radius 1 is 1.17 bits per heavy atom. The molecule has 0 radical (unpaired) electrons.